The second kappa shape index (κ2) is 8.05. The predicted octanol–water partition coefficient (Wildman–Crippen LogP) is 4.50. The third-order valence-electron chi connectivity index (χ3n) is 3.89. The average Bonchev–Trinajstić information content (AvgIpc) is 2.66. The first-order valence-electron chi connectivity index (χ1n) is 7.97. The van der Waals surface area contributed by atoms with E-state index in [-0.39, 0.29) is 12.1 Å². The van der Waals surface area contributed by atoms with Crippen LogP contribution in [-0.2, 0) is 11.3 Å². The second-order valence-electron chi connectivity index (χ2n) is 5.70. The van der Waals surface area contributed by atoms with E-state index in [1.807, 2.05) is 0 Å². The SMILES string of the molecule is COC(=O)Oc1ccc(-c2ccc(=O)n(Cc3ccc(Cl)cc3F)c2)cc1. The molecule has 0 spiro atoms. The molecule has 138 valence electrons. The number of rotatable bonds is 4. The van der Waals surface area contributed by atoms with E-state index in [1.54, 1.807) is 48.7 Å². The normalized spacial score (nSPS) is 10.5. The monoisotopic (exact) mass is 387 g/mol. The highest BCUT2D eigenvalue weighted by atomic mass is 35.5. The molecule has 0 saturated carbocycles. The maximum absolute atomic E-state index is 14.0. The Bertz CT molecular complexity index is 1030. The van der Waals surface area contributed by atoms with Crippen LogP contribution < -0.4 is 10.3 Å². The Balaban J connectivity index is 1.86. The first-order chi connectivity index (χ1) is 13.0. The summed E-state index contributed by atoms with van der Waals surface area (Å²) in [6, 6.07) is 14.1. The maximum atomic E-state index is 14.0. The van der Waals surface area contributed by atoms with E-state index >= 15 is 0 Å². The van der Waals surface area contributed by atoms with E-state index in [2.05, 4.69) is 4.74 Å². The lowest BCUT2D eigenvalue weighted by Gasteiger charge is -2.10. The molecular formula is C20H15ClFNO4. The number of benzene rings is 2. The molecule has 0 atom stereocenters. The molecule has 0 unspecified atom stereocenters. The van der Waals surface area contributed by atoms with Crippen LogP contribution in [0.5, 0.6) is 5.75 Å². The van der Waals surface area contributed by atoms with Crippen LogP contribution in [0.1, 0.15) is 5.56 Å². The summed E-state index contributed by atoms with van der Waals surface area (Å²) in [6.07, 6.45) is 0.841. The Labute approximate surface area is 159 Å². The van der Waals surface area contributed by atoms with Gasteiger partial charge in [-0.1, -0.05) is 29.8 Å². The van der Waals surface area contributed by atoms with Crippen molar-refractivity contribution in [3.63, 3.8) is 0 Å². The zero-order chi connectivity index (χ0) is 19.4. The zero-order valence-electron chi connectivity index (χ0n) is 14.3. The van der Waals surface area contributed by atoms with Gasteiger partial charge >= 0.3 is 6.16 Å². The number of nitrogens with zero attached hydrogens (tertiary/aromatic N) is 1. The fourth-order valence-electron chi connectivity index (χ4n) is 2.51. The van der Waals surface area contributed by atoms with E-state index in [1.165, 1.54) is 23.8 Å². The molecule has 0 aliphatic rings. The van der Waals surface area contributed by atoms with Crippen molar-refractivity contribution < 1.29 is 18.7 Å². The van der Waals surface area contributed by atoms with Crippen molar-refractivity contribution in [3.05, 3.63) is 87.6 Å². The lowest BCUT2D eigenvalue weighted by molar-refractivity contribution is 0.121. The minimum absolute atomic E-state index is 0.0826. The van der Waals surface area contributed by atoms with Crippen LogP contribution in [0.15, 0.2) is 65.6 Å². The van der Waals surface area contributed by atoms with Gasteiger partial charge in [0.2, 0.25) is 0 Å². The minimum atomic E-state index is -0.804. The van der Waals surface area contributed by atoms with Crippen molar-refractivity contribution in [2.45, 2.75) is 6.54 Å². The third kappa shape index (κ3) is 4.54. The summed E-state index contributed by atoms with van der Waals surface area (Å²) in [6.45, 7) is 0.0826. The Hall–Kier alpha value is -3.12. The number of pyridine rings is 1. The van der Waals surface area contributed by atoms with E-state index < -0.39 is 12.0 Å². The van der Waals surface area contributed by atoms with Crippen molar-refractivity contribution >= 4 is 17.8 Å². The van der Waals surface area contributed by atoms with Gasteiger partial charge in [-0.15, -0.1) is 0 Å². The third-order valence-corrected chi connectivity index (χ3v) is 4.13. The highest BCUT2D eigenvalue weighted by molar-refractivity contribution is 6.30. The quantitative estimate of drug-likeness (QED) is 0.488. The van der Waals surface area contributed by atoms with Crippen LogP contribution in [0.2, 0.25) is 5.02 Å². The Kier molecular flexibility index (Phi) is 5.57. The van der Waals surface area contributed by atoms with Gasteiger partial charge in [0.25, 0.3) is 5.56 Å². The van der Waals surface area contributed by atoms with Gasteiger partial charge in [-0.3, -0.25) is 4.79 Å². The van der Waals surface area contributed by atoms with Crippen LogP contribution in [0.4, 0.5) is 9.18 Å². The summed E-state index contributed by atoms with van der Waals surface area (Å²) in [5, 5.41) is 0.298. The smallest absolute Gasteiger partial charge is 0.437 e. The van der Waals surface area contributed by atoms with Crippen LogP contribution >= 0.6 is 11.6 Å². The summed E-state index contributed by atoms with van der Waals surface area (Å²) in [4.78, 5) is 23.3. The van der Waals surface area contributed by atoms with Gasteiger partial charge in [-0.2, -0.15) is 0 Å². The molecule has 0 amide bonds. The number of methoxy groups -OCH3 is 1. The van der Waals surface area contributed by atoms with Gasteiger partial charge in [0.15, 0.2) is 0 Å². The number of aromatic nitrogens is 1. The fraction of sp³-hybridized carbons (Fsp3) is 0.100. The zero-order valence-corrected chi connectivity index (χ0v) is 15.1. The largest absolute Gasteiger partial charge is 0.513 e. The Morgan fingerprint density at radius 2 is 1.78 bits per heavy atom. The van der Waals surface area contributed by atoms with Crippen molar-refractivity contribution in [2.75, 3.05) is 7.11 Å². The van der Waals surface area contributed by atoms with Crippen molar-refractivity contribution in [2.24, 2.45) is 0 Å². The van der Waals surface area contributed by atoms with Crippen molar-refractivity contribution in [3.8, 4) is 16.9 Å². The molecule has 5 nitrogen and oxygen atoms in total. The topological polar surface area (TPSA) is 57.5 Å². The molecule has 0 saturated heterocycles. The van der Waals surface area contributed by atoms with E-state index in [9.17, 15) is 14.0 Å². The first-order valence-corrected chi connectivity index (χ1v) is 8.35. The molecule has 3 rings (SSSR count). The molecule has 0 aliphatic carbocycles. The van der Waals surface area contributed by atoms with Crippen LogP contribution in [0, 0.1) is 5.82 Å². The molecule has 2 aromatic carbocycles. The van der Waals surface area contributed by atoms with Crippen LogP contribution in [-0.4, -0.2) is 17.8 Å². The molecule has 0 aliphatic heterocycles. The number of carbonyl (C=O) groups excluding carboxylic acids is 1. The molecule has 0 radical (unpaired) electrons. The number of carbonyl (C=O) groups is 1. The molecule has 7 heteroatoms. The number of ether oxygens (including phenoxy) is 2. The molecule has 1 aromatic heterocycles. The van der Waals surface area contributed by atoms with Gasteiger partial charge in [0, 0.05) is 22.8 Å². The molecule has 27 heavy (non-hydrogen) atoms. The van der Waals surface area contributed by atoms with Gasteiger partial charge in [0.1, 0.15) is 11.6 Å². The second-order valence-corrected chi connectivity index (χ2v) is 6.14. The van der Waals surface area contributed by atoms with E-state index in [4.69, 9.17) is 16.3 Å². The minimum Gasteiger partial charge on any atom is -0.437 e. The number of hydrogen-bond donors (Lipinski definition) is 0. The lowest BCUT2D eigenvalue weighted by Crippen LogP contribution is -2.19. The summed E-state index contributed by atoms with van der Waals surface area (Å²) in [5.74, 6) is -0.133. The number of hydrogen-bond acceptors (Lipinski definition) is 4. The number of halogens is 2. The fourth-order valence-corrected chi connectivity index (χ4v) is 2.67. The summed E-state index contributed by atoms with van der Waals surface area (Å²) in [5.41, 5.74) is 1.67. The highest BCUT2D eigenvalue weighted by Gasteiger charge is 2.08. The van der Waals surface area contributed by atoms with Gasteiger partial charge in [-0.05, 0) is 41.5 Å². The van der Waals surface area contributed by atoms with Gasteiger partial charge < -0.3 is 14.0 Å². The van der Waals surface area contributed by atoms with Crippen molar-refractivity contribution in [1.29, 1.82) is 0 Å². The summed E-state index contributed by atoms with van der Waals surface area (Å²) in [7, 11) is 1.23. The van der Waals surface area contributed by atoms with E-state index in [0.29, 0.717) is 16.3 Å². The summed E-state index contributed by atoms with van der Waals surface area (Å²) < 4.78 is 24.8. The maximum Gasteiger partial charge on any atom is 0.513 e. The molecule has 1 heterocycles. The van der Waals surface area contributed by atoms with E-state index in [0.717, 1.165) is 11.1 Å². The predicted molar refractivity (Wildman–Crippen MR) is 99.7 cm³/mol. The molecule has 0 N–H and O–H groups in total. The molecule has 3 aromatic rings. The van der Waals surface area contributed by atoms with Crippen molar-refractivity contribution in [1.82, 2.24) is 4.57 Å². The van der Waals surface area contributed by atoms with Crippen LogP contribution in [0.3, 0.4) is 0 Å². The Morgan fingerprint density at radius 1 is 1.07 bits per heavy atom. The van der Waals surface area contributed by atoms with Crippen LogP contribution in [0.25, 0.3) is 11.1 Å². The van der Waals surface area contributed by atoms with Gasteiger partial charge in [0.05, 0.1) is 13.7 Å². The average molecular weight is 388 g/mol. The Morgan fingerprint density at radius 3 is 2.44 bits per heavy atom. The van der Waals surface area contributed by atoms with Gasteiger partial charge in [-0.25, -0.2) is 9.18 Å². The lowest BCUT2D eigenvalue weighted by atomic mass is 10.1. The molecular weight excluding hydrogens is 373 g/mol. The molecule has 0 bridgehead atoms. The summed E-state index contributed by atoms with van der Waals surface area (Å²) >= 11 is 5.76. The highest BCUT2D eigenvalue weighted by Crippen LogP contribution is 2.22. The molecule has 0 fully saturated rings. The first kappa shape index (κ1) is 18.7. The standard InChI is InChI=1S/C20H15ClFNO4/c1-26-20(25)27-17-7-3-13(4-8-17)14-5-9-19(24)23(11-14)12-15-2-6-16(21)10-18(15)22/h2-11H,12H2,1H3.